The van der Waals surface area contributed by atoms with Gasteiger partial charge in [0.15, 0.2) is 5.96 Å². The summed E-state index contributed by atoms with van der Waals surface area (Å²) in [6.07, 6.45) is 1.16. The Balaban J connectivity index is 0.00000144. The van der Waals surface area contributed by atoms with Gasteiger partial charge >= 0.3 is 0 Å². The second-order valence-electron chi connectivity index (χ2n) is 2.80. The fourth-order valence-electron chi connectivity index (χ4n) is 1.16. The first-order valence-electron chi connectivity index (χ1n) is 4.03. The van der Waals surface area contributed by atoms with E-state index in [1.807, 2.05) is 4.90 Å². The van der Waals surface area contributed by atoms with Gasteiger partial charge in [0, 0.05) is 34.7 Å². The Kier molecular flexibility index (Phi) is 3.04. The molecule has 0 aromatic rings. The average Bonchev–Trinajstić information content (AvgIpc) is 2.17. The van der Waals surface area contributed by atoms with E-state index in [2.05, 4.69) is 5.32 Å². The number of piperazine rings is 1. The minimum absolute atomic E-state index is 0. The number of guanidine groups is 1. The fourth-order valence-corrected chi connectivity index (χ4v) is 1.16. The van der Waals surface area contributed by atoms with Crippen LogP contribution in [-0.4, -0.2) is 55.3 Å². The minimum Gasteiger partial charge on any atom is -0.340 e. The number of nitrogens with zero attached hydrogens (tertiary/aromatic N) is 2. The molecule has 0 saturated carbocycles. The van der Waals surface area contributed by atoms with E-state index in [-0.39, 0.29) is 1.43 Å². The highest BCUT2D eigenvalue weighted by Gasteiger charge is 2.14. The van der Waals surface area contributed by atoms with E-state index in [0.717, 1.165) is 32.5 Å². The normalized spacial score (nSPS) is 17.2. The zero-order valence-corrected chi connectivity index (χ0v) is 7.30. The van der Waals surface area contributed by atoms with Crippen LogP contribution in [0.5, 0.6) is 0 Å². The second-order valence-corrected chi connectivity index (χ2v) is 2.80. The third kappa shape index (κ3) is 1.94. The molecule has 5 heteroatoms. The minimum atomic E-state index is 0. The molecule has 0 amide bonds. The van der Waals surface area contributed by atoms with Gasteiger partial charge in [0.25, 0.3) is 0 Å². The van der Waals surface area contributed by atoms with E-state index in [0.29, 0.717) is 5.96 Å². The molecule has 0 unspecified atom stereocenters. The maximum absolute atomic E-state index is 7.66. The summed E-state index contributed by atoms with van der Waals surface area (Å²) in [6, 6.07) is 0. The summed E-state index contributed by atoms with van der Waals surface area (Å²) in [5, 5.41) is 17.9. The van der Waals surface area contributed by atoms with E-state index in [1.165, 1.54) is 4.90 Å². The summed E-state index contributed by atoms with van der Waals surface area (Å²) in [5.74, 6) is 0.409. The van der Waals surface area contributed by atoms with E-state index < -0.39 is 0 Å². The first-order valence-corrected chi connectivity index (χ1v) is 4.03. The molecule has 1 saturated heterocycles. The van der Waals surface area contributed by atoms with Crippen molar-refractivity contribution in [2.75, 3.05) is 33.2 Å². The van der Waals surface area contributed by atoms with Crippen LogP contribution in [0.2, 0.25) is 0 Å². The molecular formula is C7H17N5. The number of hydrogen-bond donors (Lipinski definition) is 3. The molecule has 1 heterocycles. The molecule has 0 aromatic heterocycles. The molecule has 0 aromatic carbocycles. The highest BCUT2D eigenvalue weighted by Crippen LogP contribution is 1.95. The second kappa shape index (κ2) is 4.06. The third-order valence-corrected chi connectivity index (χ3v) is 1.94. The summed E-state index contributed by atoms with van der Waals surface area (Å²) in [6.45, 7) is 3.57. The number of hydrogen-bond acceptors (Lipinski definition) is 3. The van der Waals surface area contributed by atoms with Gasteiger partial charge in [-0.1, -0.05) is 0 Å². The van der Waals surface area contributed by atoms with Gasteiger partial charge in [0.05, 0.1) is 6.34 Å². The predicted octanol–water partition coefficient (Wildman–Crippen LogP) is -0.389. The van der Waals surface area contributed by atoms with Crippen molar-refractivity contribution in [1.29, 1.82) is 10.8 Å². The van der Waals surface area contributed by atoms with Gasteiger partial charge < -0.3 is 15.1 Å². The van der Waals surface area contributed by atoms with E-state index in [4.69, 9.17) is 10.8 Å². The molecule has 1 fully saturated rings. The molecule has 0 atom stereocenters. The van der Waals surface area contributed by atoms with Crippen molar-refractivity contribution in [2.45, 2.75) is 0 Å². The van der Waals surface area contributed by atoms with Gasteiger partial charge in [0.2, 0.25) is 0 Å². The van der Waals surface area contributed by atoms with Crippen LogP contribution in [0.1, 0.15) is 1.43 Å². The van der Waals surface area contributed by atoms with Gasteiger partial charge in [0.1, 0.15) is 0 Å². The first-order chi connectivity index (χ1) is 5.75. The van der Waals surface area contributed by atoms with Crippen molar-refractivity contribution >= 4 is 12.3 Å². The van der Waals surface area contributed by atoms with Crippen molar-refractivity contribution in [3.05, 3.63) is 0 Å². The van der Waals surface area contributed by atoms with Gasteiger partial charge in [-0.05, 0) is 0 Å². The lowest BCUT2D eigenvalue weighted by molar-refractivity contribution is 0.331. The predicted molar refractivity (Wildman–Crippen MR) is 50.8 cm³/mol. The molecule has 0 aliphatic carbocycles. The lowest BCUT2D eigenvalue weighted by Gasteiger charge is -2.32. The Morgan fingerprint density at radius 2 is 2.17 bits per heavy atom. The third-order valence-electron chi connectivity index (χ3n) is 1.94. The van der Waals surface area contributed by atoms with Crippen molar-refractivity contribution in [3.8, 4) is 0 Å². The van der Waals surface area contributed by atoms with Crippen molar-refractivity contribution in [3.63, 3.8) is 0 Å². The van der Waals surface area contributed by atoms with Crippen molar-refractivity contribution < 1.29 is 1.43 Å². The smallest absolute Gasteiger partial charge is 0.198 e. The van der Waals surface area contributed by atoms with Crippen LogP contribution in [0.3, 0.4) is 0 Å². The van der Waals surface area contributed by atoms with Crippen LogP contribution in [0.15, 0.2) is 0 Å². The molecule has 5 nitrogen and oxygen atoms in total. The van der Waals surface area contributed by atoms with Crippen LogP contribution in [0.4, 0.5) is 0 Å². The van der Waals surface area contributed by atoms with Gasteiger partial charge in [-0.3, -0.25) is 10.8 Å². The largest absolute Gasteiger partial charge is 0.340 e. The highest BCUT2D eigenvalue weighted by molar-refractivity contribution is 5.86. The molecule has 0 bridgehead atoms. The van der Waals surface area contributed by atoms with Crippen molar-refractivity contribution in [1.82, 2.24) is 15.1 Å². The zero-order chi connectivity index (χ0) is 8.97. The lowest BCUT2D eigenvalue weighted by atomic mass is 10.4. The summed E-state index contributed by atoms with van der Waals surface area (Å²) < 4.78 is 0. The topological polar surface area (TPSA) is 66.2 Å². The molecule has 0 spiro atoms. The van der Waals surface area contributed by atoms with E-state index in [9.17, 15) is 0 Å². The standard InChI is InChI=1S/C7H15N5.H2/c1-11(6-8)7(9)12-4-2-10-3-5-12;/h6,8-10H,2-5H2,1H3;1H. The van der Waals surface area contributed by atoms with Crippen molar-refractivity contribution in [2.24, 2.45) is 0 Å². The van der Waals surface area contributed by atoms with Crippen LogP contribution in [-0.2, 0) is 0 Å². The summed E-state index contributed by atoms with van der Waals surface area (Å²) in [4.78, 5) is 3.47. The molecule has 1 aliphatic heterocycles. The Morgan fingerprint density at radius 3 is 2.67 bits per heavy atom. The van der Waals surface area contributed by atoms with E-state index in [1.54, 1.807) is 7.05 Å². The molecule has 1 aliphatic rings. The van der Waals surface area contributed by atoms with Crippen LogP contribution >= 0.6 is 0 Å². The maximum Gasteiger partial charge on any atom is 0.198 e. The Hall–Kier alpha value is -1.10. The van der Waals surface area contributed by atoms with Crippen LogP contribution in [0.25, 0.3) is 0 Å². The molecule has 0 radical (unpaired) electrons. The van der Waals surface area contributed by atoms with E-state index >= 15 is 0 Å². The summed E-state index contributed by atoms with van der Waals surface area (Å²) in [5.41, 5.74) is 0. The molecular weight excluding hydrogens is 154 g/mol. The Bertz CT molecular complexity index is 178. The Morgan fingerprint density at radius 1 is 1.58 bits per heavy atom. The van der Waals surface area contributed by atoms with Gasteiger partial charge in [-0.25, -0.2) is 0 Å². The average molecular weight is 171 g/mol. The molecule has 12 heavy (non-hydrogen) atoms. The molecule has 1 rings (SSSR count). The summed E-state index contributed by atoms with van der Waals surface area (Å²) in [7, 11) is 1.72. The monoisotopic (exact) mass is 171 g/mol. The number of rotatable bonds is 1. The highest BCUT2D eigenvalue weighted by atomic mass is 15.4. The number of nitrogens with one attached hydrogen (secondary N) is 3. The quantitative estimate of drug-likeness (QED) is 0.372. The fraction of sp³-hybridized carbons (Fsp3) is 0.714. The van der Waals surface area contributed by atoms with Gasteiger partial charge in [-0.2, -0.15) is 0 Å². The Labute approximate surface area is 73.8 Å². The van der Waals surface area contributed by atoms with Crippen LogP contribution in [0, 0.1) is 10.8 Å². The first kappa shape index (κ1) is 8.99. The molecule has 70 valence electrons. The van der Waals surface area contributed by atoms with Gasteiger partial charge in [-0.15, -0.1) is 0 Å². The molecule has 3 N–H and O–H groups in total. The zero-order valence-electron chi connectivity index (χ0n) is 7.30. The lowest BCUT2D eigenvalue weighted by Crippen LogP contribution is -2.50. The SMILES string of the molecule is CN(C=N)C(=N)N1CCNCC1.[HH]. The summed E-state index contributed by atoms with van der Waals surface area (Å²) >= 11 is 0. The maximum atomic E-state index is 7.66. The van der Waals surface area contributed by atoms with Crippen LogP contribution < -0.4 is 5.32 Å².